The molecule has 7 nitrogen and oxygen atoms in total. The molecule has 2 aromatic heterocycles. The summed E-state index contributed by atoms with van der Waals surface area (Å²) < 4.78 is 24.6. The van der Waals surface area contributed by atoms with Crippen molar-refractivity contribution in [3.8, 4) is 10.6 Å². The highest BCUT2D eigenvalue weighted by Crippen LogP contribution is 2.40. The fourth-order valence-corrected chi connectivity index (χ4v) is 4.37. The van der Waals surface area contributed by atoms with E-state index in [4.69, 9.17) is 9.15 Å². The van der Waals surface area contributed by atoms with Gasteiger partial charge < -0.3 is 9.15 Å². The molecule has 0 saturated heterocycles. The van der Waals surface area contributed by atoms with Gasteiger partial charge in [0.05, 0.1) is 22.9 Å². The molecule has 0 radical (unpaired) electrons. The van der Waals surface area contributed by atoms with E-state index in [1.165, 1.54) is 42.7 Å². The van der Waals surface area contributed by atoms with E-state index in [1.54, 1.807) is 6.92 Å². The van der Waals surface area contributed by atoms with Crippen molar-refractivity contribution in [2.75, 3.05) is 12.4 Å². The second-order valence-corrected chi connectivity index (χ2v) is 8.22. The molecule has 0 spiro atoms. The number of aromatic nitrogens is 1. The molecule has 0 fully saturated rings. The molecule has 0 atom stereocenters. The number of furan rings is 1. The van der Waals surface area contributed by atoms with Gasteiger partial charge in [0, 0.05) is 18.4 Å². The van der Waals surface area contributed by atoms with E-state index in [0.717, 1.165) is 10.2 Å². The number of hydrogen-bond donors (Lipinski definition) is 1. The Morgan fingerprint density at radius 3 is 2.52 bits per heavy atom. The van der Waals surface area contributed by atoms with Crippen molar-refractivity contribution >= 4 is 45.1 Å². The van der Waals surface area contributed by atoms with Gasteiger partial charge in [-0.1, -0.05) is 12.1 Å². The summed E-state index contributed by atoms with van der Waals surface area (Å²) in [5, 5.41) is 3.14. The molecule has 0 aliphatic heterocycles. The molecule has 168 valence electrons. The van der Waals surface area contributed by atoms with Gasteiger partial charge in [-0.25, -0.2) is 14.2 Å². The Bertz CT molecular complexity index is 1320. The Labute approximate surface area is 192 Å². The van der Waals surface area contributed by atoms with Gasteiger partial charge in [0.25, 0.3) is 0 Å². The van der Waals surface area contributed by atoms with E-state index in [2.05, 4.69) is 10.3 Å². The summed E-state index contributed by atoms with van der Waals surface area (Å²) in [6.07, 6.45) is -0.194. The van der Waals surface area contributed by atoms with Crippen molar-refractivity contribution in [1.82, 2.24) is 4.98 Å². The summed E-state index contributed by atoms with van der Waals surface area (Å²) in [7, 11) is 1.26. The molecule has 0 unspecified atom stereocenters. The Morgan fingerprint density at radius 2 is 1.82 bits per heavy atom. The molecular formula is C24H19FN2O5S. The predicted octanol–water partition coefficient (Wildman–Crippen LogP) is 5.39. The Kier molecular flexibility index (Phi) is 6.32. The SMILES string of the molecule is COC(=O)c1c(C)oc(NC(=O)CCC(=O)c2ccc(F)cc2)c1-c1nc2ccccc2s1. The summed E-state index contributed by atoms with van der Waals surface area (Å²) in [5.74, 6) is -1.49. The standard InChI is InChI=1S/C24H19FN2O5S/c1-13-20(24(30)31-2)21(23-26-16-5-3-4-6-18(16)33-23)22(32-13)27-19(29)12-11-17(28)14-7-9-15(25)10-8-14/h3-10H,11-12H2,1-2H3,(H,27,29). The maximum atomic E-state index is 13.0. The zero-order valence-electron chi connectivity index (χ0n) is 17.8. The number of ketones is 1. The number of carbonyl (C=O) groups is 3. The Hall–Kier alpha value is -3.85. The summed E-state index contributed by atoms with van der Waals surface area (Å²) in [6.45, 7) is 1.59. The van der Waals surface area contributed by atoms with Crippen LogP contribution in [0.15, 0.2) is 52.9 Å². The van der Waals surface area contributed by atoms with Crippen LogP contribution in [0, 0.1) is 12.7 Å². The third-order valence-electron chi connectivity index (χ3n) is 4.98. The Morgan fingerprint density at radius 1 is 1.09 bits per heavy atom. The lowest BCUT2D eigenvalue weighted by atomic mass is 10.1. The fourth-order valence-electron chi connectivity index (χ4n) is 3.36. The smallest absolute Gasteiger partial charge is 0.342 e. The van der Waals surface area contributed by atoms with Gasteiger partial charge in [-0.05, 0) is 43.3 Å². The summed E-state index contributed by atoms with van der Waals surface area (Å²) in [5.41, 5.74) is 1.57. The first-order chi connectivity index (χ1) is 15.9. The number of nitrogens with one attached hydrogen (secondary N) is 1. The van der Waals surface area contributed by atoms with E-state index in [9.17, 15) is 18.8 Å². The monoisotopic (exact) mass is 466 g/mol. The number of ether oxygens (including phenoxy) is 1. The van der Waals surface area contributed by atoms with Crippen LogP contribution in [0.1, 0.15) is 39.3 Å². The summed E-state index contributed by atoms with van der Waals surface area (Å²) in [4.78, 5) is 41.9. The number of aryl methyl sites for hydroxylation is 1. The van der Waals surface area contributed by atoms with Crippen LogP contribution in [0.2, 0.25) is 0 Å². The lowest BCUT2D eigenvalue weighted by Crippen LogP contribution is -2.14. The van der Waals surface area contributed by atoms with Crippen LogP contribution in [0.3, 0.4) is 0 Å². The summed E-state index contributed by atoms with van der Waals surface area (Å²) in [6, 6.07) is 12.6. The molecule has 33 heavy (non-hydrogen) atoms. The molecule has 9 heteroatoms. The van der Waals surface area contributed by atoms with Crippen LogP contribution in [0.4, 0.5) is 10.3 Å². The maximum Gasteiger partial charge on any atom is 0.342 e. The number of fused-ring (bicyclic) bond motifs is 1. The highest BCUT2D eigenvalue weighted by atomic mass is 32.1. The van der Waals surface area contributed by atoms with Gasteiger partial charge in [-0.3, -0.25) is 14.9 Å². The average Bonchev–Trinajstić information content (AvgIpc) is 3.37. The second kappa shape index (κ2) is 9.33. The van der Waals surface area contributed by atoms with E-state index < -0.39 is 17.7 Å². The van der Waals surface area contributed by atoms with Crippen LogP contribution in [0.25, 0.3) is 20.8 Å². The molecule has 2 aromatic carbocycles. The number of esters is 1. The number of halogens is 1. The van der Waals surface area contributed by atoms with Gasteiger partial charge in [-0.2, -0.15) is 0 Å². The molecule has 4 aromatic rings. The number of amides is 1. The van der Waals surface area contributed by atoms with Gasteiger partial charge in [0.2, 0.25) is 11.8 Å². The lowest BCUT2D eigenvalue weighted by molar-refractivity contribution is -0.116. The highest BCUT2D eigenvalue weighted by Gasteiger charge is 2.28. The number of anilines is 1. The minimum Gasteiger partial charge on any atom is -0.465 e. The molecule has 1 N–H and O–H groups in total. The van der Waals surface area contributed by atoms with Gasteiger partial charge in [0.1, 0.15) is 22.1 Å². The number of benzene rings is 2. The van der Waals surface area contributed by atoms with Crippen molar-refractivity contribution < 1.29 is 27.9 Å². The van der Waals surface area contributed by atoms with Crippen molar-refractivity contribution in [1.29, 1.82) is 0 Å². The first kappa shape index (κ1) is 22.3. The molecule has 0 aliphatic carbocycles. The molecule has 2 heterocycles. The topological polar surface area (TPSA) is 98.5 Å². The van der Waals surface area contributed by atoms with Gasteiger partial charge in [-0.15, -0.1) is 11.3 Å². The number of methoxy groups -OCH3 is 1. The number of hydrogen-bond acceptors (Lipinski definition) is 7. The highest BCUT2D eigenvalue weighted by molar-refractivity contribution is 7.21. The van der Waals surface area contributed by atoms with Crippen LogP contribution >= 0.6 is 11.3 Å². The molecule has 0 aliphatic rings. The minimum atomic E-state index is -0.613. The van der Waals surface area contributed by atoms with Crippen molar-refractivity contribution in [2.45, 2.75) is 19.8 Å². The summed E-state index contributed by atoms with van der Waals surface area (Å²) >= 11 is 1.35. The normalized spacial score (nSPS) is 10.9. The number of rotatable bonds is 7. The number of Topliss-reactive ketones (excluding diaryl/α,β-unsaturated/α-hetero) is 1. The number of thiazole rings is 1. The first-order valence-electron chi connectivity index (χ1n) is 10.0. The number of carbonyl (C=O) groups excluding carboxylic acids is 3. The van der Waals surface area contributed by atoms with E-state index in [0.29, 0.717) is 16.1 Å². The van der Waals surface area contributed by atoms with E-state index in [1.807, 2.05) is 24.3 Å². The zero-order chi connectivity index (χ0) is 23.5. The van der Waals surface area contributed by atoms with Crippen LogP contribution in [-0.4, -0.2) is 29.8 Å². The van der Waals surface area contributed by atoms with Crippen LogP contribution in [-0.2, 0) is 9.53 Å². The van der Waals surface area contributed by atoms with E-state index in [-0.39, 0.29) is 35.8 Å². The molecule has 1 amide bonds. The molecule has 0 saturated carbocycles. The molecular weight excluding hydrogens is 447 g/mol. The molecule has 4 rings (SSSR count). The first-order valence-corrected chi connectivity index (χ1v) is 10.8. The quantitative estimate of drug-likeness (QED) is 0.290. The van der Waals surface area contributed by atoms with Gasteiger partial charge in [0.15, 0.2) is 5.78 Å². The second-order valence-electron chi connectivity index (χ2n) is 7.19. The predicted molar refractivity (Wildman–Crippen MR) is 122 cm³/mol. The lowest BCUT2D eigenvalue weighted by Gasteiger charge is -2.05. The van der Waals surface area contributed by atoms with Crippen LogP contribution in [0.5, 0.6) is 0 Å². The van der Waals surface area contributed by atoms with E-state index >= 15 is 0 Å². The van der Waals surface area contributed by atoms with Crippen molar-refractivity contribution in [3.05, 3.63) is 71.2 Å². The third-order valence-corrected chi connectivity index (χ3v) is 6.03. The van der Waals surface area contributed by atoms with Gasteiger partial charge >= 0.3 is 5.97 Å². The largest absolute Gasteiger partial charge is 0.465 e. The number of nitrogens with zero attached hydrogens (tertiary/aromatic N) is 1. The van der Waals surface area contributed by atoms with Crippen molar-refractivity contribution in [2.24, 2.45) is 0 Å². The zero-order valence-corrected chi connectivity index (χ0v) is 18.6. The minimum absolute atomic E-state index is 0.0613. The maximum absolute atomic E-state index is 13.0. The number of para-hydroxylation sites is 1. The third kappa shape index (κ3) is 4.68. The van der Waals surface area contributed by atoms with Crippen LogP contribution < -0.4 is 5.32 Å². The Balaban J connectivity index is 1.59. The average molecular weight is 466 g/mol. The fraction of sp³-hybridized carbons (Fsp3) is 0.167. The van der Waals surface area contributed by atoms with Crippen molar-refractivity contribution in [3.63, 3.8) is 0 Å². The molecule has 0 bridgehead atoms.